The molecule has 2 aliphatic carbocycles. The molecule has 3 aliphatic rings. The number of anilines is 1. The van der Waals surface area contributed by atoms with Gasteiger partial charge in [0.2, 0.25) is 17.6 Å². The van der Waals surface area contributed by atoms with Gasteiger partial charge in [0, 0.05) is 12.2 Å². The van der Waals surface area contributed by atoms with Crippen molar-refractivity contribution in [3.8, 4) is 0 Å². The van der Waals surface area contributed by atoms with Gasteiger partial charge < -0.3 is 31.3 Å². The Morgan fingerprint density at radius 3 is 2.10 bits per heavy atom. The maximum Gasteiger partial charge on any atom is 0.411 e. The van der Waals surface area contributed by atoms with Gasteiger partial charge in [-0.05, 0) is 52.6 Å². The maximum atomic E-state index is 14.3. The van der Waals surface area contributed by atoms with Crippen molar-refractivity contribution in [3.63, 3.8) is 0 Å². The molecule has 0 radical (unpaired) electrons. The molecule has 0 spiro atoms. The quantitative estimate of drug-likeness (QED) is 0.211. The van der Waals surface area contributed by atoms with Crippen molar-refractivity contribution >= 4 is 41.3 Å². The molecule has 3 fully saturated rings. The Kier molecular flexibility index (Phi) is 10.5. The molecule has 1 aliphatic heterocycles. The third kappa shape index (κ3) is 8.65. The first-order valence-corrected chi connectivity index (χ1v) is 16.7. The Morgan fingerprint density at radius 1 is 0.938 bits per heavy atom. The van der Waals surface area contributed by atoms with Crippen LogP contribution in [-0.4, -0.2) is 77.8 Å². The lowest BCUT2D eigenvalue weighted by Crippen LogP contribution is -2.62. The number of Topliss-reactive ketones (excluding diaryl/α,β-unsaturated/α-hetero) is 1. The topological polar surface area (TPSA) is 189 Å². The predicted molar refractivity (Wildman–Crippen MR) is 179 cm³/mol. The highest BCUT2D eigenvalue weighted by Gasteiger charge is 2.70. The number of amides is 6. The molecular weight excluding hydrogens is 616 g/mol. The van der Waals surface area contributed by atoms with Crippen LogP contribution >= 0.6 is 0 Å². The number of likely N-dealkylation sites (tertiary alicyclic amines) is 1. The highest BCUT2D eigenvalue weighted by Crippen LogP contribution is 2.65. The van der Waals surface area contributed by atoms with Crippen molar-refractivity contribution in [1.29, 1.82) is 0 Å². The van der Waals surface area contributed by atoms with Gasteiger partial charge >= 0.3 is 12.1 Å². The Morgan fingerprint density at radius 2 is 1.56 bits per heavy atom. The van der Waals surface area contributed by atoms with Gasteiger partial charge in [-0.15, -0.1) is 0 Å². The lowest BCUT2D eigenvalue weighted by atomic mass is 9.85. The highest BCUT2D eigenvalue weighted by molar-refractivity contribution is 6.37. The van der Waals surface area contributed by atoms with Crippen molar-refractivity contribution in [1.82, 2.24) is 20.9 Å². The summed E-state index contributed by atoms with van der Waals surface area (Å²) in [4.78, 5) is 80.0. The number of hydrogen-bond acceptors (Lipinski definition) is 7. The molecule has 2 saturated carbocycles. The lowest BCUT2D eigenvalue weighted by Gasteiger charge is -2.38. The number of urea groups is 1. The lowest BCUT2D eigenvalue weighted by molar-refractivity contribution is -0.145. The van der Waals surface area contributed by atoms with Gasteiger partial charge in [-0.25, -0.2) is 9.59 Å². The Balaban J connectivity index is 1.46. The SMILES string of the molecule is CC(C)(C)C(NC(=O)N[C@H](COC(=O)Nc1ccccc1)C(C)(C)C)C(=O)N1C[C@H]2[C@@H](C1C(=O)NC(CC1CC1)C(=O)C(N)=O)C2(C)C. The van der Waals surface area contributed by atoms with Crippen LogP contribution in [0.3, 0.4) is 0 Å². The van der Waals surface area contributed by atoms with Crippen LogP contribution in [-0.2, 0) is 23.9 Å². The number of benzene rings is 1. The molecule has 0 aromatic heterocycles. The van der Waals surface area contributed by atoms with E-state index in [-0.39, 0.29) is 29.8 Å². The van der Waals surface area contributed by atoms with Gasteiger partial charge in [-0.2, -0.15) is 0 Å². The minimum atomic E-state index is -1.11. The van der Waals surface area contributed by atoms with E-state index in [0.717, 1.165) is 12.8 Å². The average molecular weight is 669 g/mol. The van der Waals surface area contributed by atoms with Gasteiger partial charge in [0.25, 0.3) is 5.91 Å². The molecule has 264 valence electrons. The highest BCUT2D eigenvalue weighted by atomic mass is 16.5. The van der Waals surface area contributed by atoms with E-state index < -0.39 is 70.6 Å². The number of ketones is 1. The number of nitrogens with one attached hydrogen (secondary N) is 4. The normalized spacial score (nSPS) is 23.1. The van der Waals surface area contributed by atoms with Crippen molar-refractivity contribution in [2.24, 2.45) is 39.7 Å². The van der Waals surface area contributed by atoms with Gasteiger partial charge in [-0.3, -0.25) is 24.5 Å². The molecule has 6 atom stereocenters. The molecule has 4 rings (SSSR count). The Labute approximate surface area is 282 Å². The summed E-state index contributed by atoms with van der Waals surface area (Å²) in [5.74, 6) is -2.74. The summed E-state index contributed by atoms with van der Waals surface area (Å²) < 4.78 is 5.44. The molecule has 1 aromatic carbocycles. The van der Waals surface area contributed by atoms with E-state index in [1.165, 1.54) is 4.90 Å². The summed E-state index contributed by atoms with van der Waals surface area (Å²) in [6, 6.07) is 4.65. The summed E-state index contributed by atoms with van der Waals surface area (Å²) in [5.41, 5.74) is 4.40. The fraction of sp³-hybridized carbons (Fsp3) is 0.657. The van der Waals surface area contributed by atoms with Gasteiger partial charge in [0.1, 0.15) is 18.7 Å². The molecule has 6 amide bonds. The standard InChI is InChI=1S/C35H52N6O7/c1-33(2,3)23(18-48-32(47)37-20-12-10-9-11-13-20)39-31(46)40-27(34(4,5)6)30(45)41-17-21-24(35(21,7)8)25(41)29(44)38-22(16-19-14-15-19)26(42)28(36)43/h9-13,19,21-25,27H,14-18H2,1-8H3,(H2,36,43)(H,37,47)(H,38,44)(H2,39,40,46)/t21-,22?,23+,24-,25?,27?/m0/s1. The molecule has 1 saturated heterocycles. The molecule has 1 aromatic rings. The number of nitrogens with zero attached hydrogens (tertiary/aromatic N) is 1. The second-order valence-corrected chi connectivity index (χ2v) is 16.3. The maximum absolute atomic E-state index is 14.3. The molecular formula is C35H52N6O7. The van der Waals surface area contributed by atoms with E-state index in [1.54, 1.807) is 24.3 Å². The smallest absolute Gasteiger partial charge is 0.411 e. The number of piperidine rings is 1. The number of hydrogen-bond donors (Lipinski definition) is 5. The van der Waals surface area contributed by atoms with Crippen LogP contribution in [0.25, 0.3) is 0 Å². The zero-order chi connectivity index (χ0) is 35.8. The second kappa shape index (κ2) is 13.8. The first-order valence-electron chi connectivity index (χ1n) is 16.7. The number of ether oxygens (including phenoxy) is 1. The van der Waals surface area contributed by atoms with Crippen LogP contribution in [0.5, 0.6) is 0 Å². The van der Waals surface area contributed by atoms with Crippen LogP contribution in [0.15, 0.2) is 30.3 Å². The van der Waals surface area contributed by atoms with E-state index in [2.05, 4.69) is 21.3 Å². The third-order valence-corrected chi connectivity index (χ3v) is 10.0. The van der Waals surface area contributed by atoms with Crippen LogP contribution in [0, 0.1) is 34.0 Å². The number of nitrogens with two attached hydrogens (primary N) is 1. The van der Waals surface area contributed by atoms with Crippen molar-refractivity contribution in [2.75, 3.05) is 18.5 Å². The third-order valence-electron chi connectivity index (χ3n) is 10.0. The molecule has 1 heterocycles. The predicted octanol–water partition coefficient (Wildman–Crippen LogP) is 3.19. The summed E-state index contributed by atoms with van der Waals surface area (Å²) in [7, 11) is 0. The van der Waals surface area contributed by atoms with Crippen molar-refractivity contribution in [2.45, 2.75) is 98.8 Å². The second-order valence-electron chi connectivity index (χ2n) is 16.3. The number of para-hydroxylation sites is 1. The molecule has 13 heteroatoms. The minimum Gasteiger partial charge on any atom is -0.447 e. The van der Waals surface area contributed by atoms with Gasteiger partial charge in [0.05, 0.1) is 12.1 Å². The zero-order valence-electron chi connectivity index (χ0n) is 29.3. The Hall–Kier alpha value is -4.16. The zero-order valence-corrected chi connectivity index (χ0v) is 29.3. The first kappa shape index (κ1) is 36.7. The van der Waals surface area contributed by atoms with Crippen LogP contribution in [0.1, 0.15) is 74.7 Å². The van der Waals surface area contributed by atoms with Crippen molar-refractivity contribution in [3.05, 3.63) is 30.3 Å². The fourth-order valence-corrected chi connectivity index (χ4v) is 6.65. The summed E-state index contributed by atoms with van der Waals surface area (Å²) in [6.07, 6.45) is 1.48. The first-order chi connectivity index (χ1) is 22.2. The van der Waals surface area contributed by atoms with Crippen LogP contribution in [0.2, 0.25) is 0 Å². The molecule has 6 N–H and O–H groups in total. The van der Waals surface area contributed by atoms with E-state index in [9.17, 15) is 28.8 Å². The summed E-state index contributed by atoms with van der Waals surface area (Å²) in [6.45, 7) is 15.4. The molecule has 0 bridgehead atoms. The largest absolute Gasteiger partial charge is 0.447 e. The average Bonchev–Trinajstić information content (AvgIpc) is 3.83. The number of carbonyl (C=O) groups is 6. The van der Waals surface area contributed by atoms with Crippen molar-refractivity contribution < 1.29 is 33.5 Å². The van der Waals surface area contributed by atoms with E-state index in [4.69, 9.17) is 10.5 Å². The number of rotatable bonds is 12. The number of primary amides is 1. The van der Waals surface area contributed by atoms with E-state index in [1.807, 2.05) is 61.5 Å². The Bertz CT molecular complexity index is 1410. The molecule has 48 heavy (non-hydrogen) atoms. The van der Waals surface area contributed by atoms with Gasteiger partial charge in [0.15, 0.2) is 0 Å². The number of carbonyl (C=O) groups excluding carboxylic acids is 6. The van der Waals surface area contributed by atoms with Gasteiger partial charge in [-0.1, -0.05) is 86.4 Å². The fourth-order valence-electron chi connectivity index (χ4n) is 6.65. The van der Waals surface area contributed by atoms with E-state index >= 15 is 0 Å². The monoisotopic (exact) mass is 668 g/mol. The molecule has 13 nitrogen and oxygen atoms in total. The minimum absolute atomic E-state index is 0.0600. The summed E-state index contributed by atoms with van der Waals surface area (Å²) >= 11 is 0. The van der Waals surface area contributed by atoms with E-state index in [0.29, 0.717) is 18.7 Å². The number of fused-ring (bicyclic) bond motifs is 1. The molecule has 3 unspecified atom stereocenters. The summed E-state index contributed by atoms with van der Waals surface area (Å²) in [5, 5.41) is 11.1. The van der Waals surface area contributed by atoms with Crippen LogP contribution in [0.4, 0.5) is 15.3 Å². The van der Waals surface area contributed by atoms with Crippen LogP contribution < -0.4 is 27.0 Å².